The lowest BCUT2D eigenvalue weighted by atomic mass is 10.4. The van der Waals surface area contributed by atoms with Gasteiger partial charge in [0.1, 0.15) is 0 Å². The predicted molar refractivity (Wildman–Crippen MR) is 59.9 cm³/mol. The predicted octanol–water partition coefficient (Wildman–Crippen LogP) is 0.391. The molecule has 0 saturated carbocycles. The monoisotopic (exact) mass is 206 g/mol. The van der Waals surface area contributed by atoms with E-state index in [1.165, 1.54) is 0 Å². The van der Waals surface area contributed by atoms with Crippen molar-refractivity contribution >= 4 is 17.5 Å². The number of aliphatic imine (C=N–C) groups is 1. The Morgan fingerprint density at radius 2 is 2.47 bits per heavy atom. The number of rotatable bonds is 1. The van der Waals surface area contributed by atoms with Crippen LogP contribution >= 0.6 is 0 Å². The number of hydrazine groups is 1. The highest BCUT2D eigenvalue weighted by molar-refractivity contribution is 5.92. The first kappa shape index (κ1) is 9.85. The smallest absolute Gasteiger partial charge is 0.168 e. The number of nitrogens with zero attached hydrogens (tertiary/aromatic N) is 4. The van der Waals surface area contributed by atoms with Gasteiger partial charge in [0, 0.05) is 14.1 Å². The third-order valence-electron chi connectivity index (χ3n) is 2.27. The van der Waals surface area contributed by atoms with E-state index in [4.69, 9.17) is 0 Å². The van der Waals surface area contributed by atoms with Gasteiger partial charge in [0.25, 0.3) is 0 Å². The molecule has 15 heavy (non-hydrogen) atoms. The molecule has 1 aliphatic heterocycles. The van der Waals surface area contributed by atoms with Gasteiger partial charge in [0.2, 0.25) is 0 Å². The van der Waals surface area contributed by atoms with Crippen molar-refractivity contribution in [3.05, 3.63) is 11.9 Å². The molecule has 2 N–H and O–H groups in total. The zero-order chi connectivity index (χ0) is 10.8. The molecule has 0 unspecified atom stereocenters. The molecule has 1 aromatic rings. The van der Waals surface area contributed by atoms with Gasteiger partial charge in [-0.3, -0.25) is 15.0 Å². The van der Waals surface area contributed by atoms with E-state index in [0.717, 1.165) is 23.9 Å². The number of hydrogen-bond acceptors (Lipinski definition) is 5. The van der Waals surface area contributed by atoms with Crippen LogP contribution in [-0.2, 0) is 6.54 Å². The molecule has 2 rings (SSSR count). The highest BCUT2D eigenvalue weighted by Gasteiger charge is 2.18. The summed E-state index contributed by atoms with van der Waals surface area (Å²) in [6.45, 7) is 2.62. The molecule has 0 aliphatic carbocycles. The van der Waals surface area contributed by atoms with Crippen LogP contribution in [0, 0.1) is 0 Å². The lowest BCUT2D eigenvalue weighted by molar-refractivity contribution is 0.725. The summed E-state index contributed by atoms with van der Waals surface area (Å²) in [5, 5.41) is 4.93. The average molecular weight is 206 g/mol. The van der Waals surface area contributed by atoms with Crippen LogP contribution in [0.4, 0.5) is 11.6 Å². The van der Waals surface area contributed by atoms with Crippen LogP contribution in [0.3, 0.4) is 0 Å². The average Bonchev–Trinajstić information content (AvgIpc) is 2.60. The maximum absolute atomic E-state index is 4.43. The fourth-order valence-electron chi connectivity index (χ4n) is 1.37. The SMILES string of the molecule is CN=C(C)Nc1cnc2c(n1)N(C)NC2. The molecule has 6 nitrogen and oxygen atoms in total. The second-order valence-corrected chi connectivity index (χ2v) is 3.35. The van der Waals surface area contributed by atoms with Crippen LogP contribution < -0.4 is 15.8 Å². The number of fused-ring (bicyclic) bond motifs is 1. The maximum atomic E-state index is 4.43. The Bertz CT molecular complexity index is 400. The van der Waals surface area contributed by atoms with Crippen molar-refractivity contribution in [2.24, 2.45) is 4.99 Å². The van der Waals surface area contributed by atoms with Gasteiger partial charge in [0.15, 0.2) is 11.6 Å². The van der Waals surface area contributed by atoms with Crippen molar-refractivity contribution in [2.75, 3.05) is 24.4 Å². The van der Waals surface area contributed by atoms with E-state index < -0.39 is 0 Å². The molecule has 1 aromatic heterocycles. The van der Waals surface area contributed by atoms with Crippen molar-refractivity contribution in [3.63, 3.8) is 0 Å². The lowest BCUT2D eigenvalue weighted by Gasteiger charge is -2.11. The Labute approximate surface area is 88.4 Å². The standard InChI is InChI=1S/C9H14N6/c1-6(10-2)13-8-5-11-7-4-12-15(3)9(7)14-8/h5,12H,4H2,1-3H3,(H,10,13,14). The molecule has 80 valence electrons. The molecule has 0 atom stereocenters. The van der Waals surface area contributed by atoms with E-state index in [2.05, 4.69) is 25.7 Å². The zero-order valence-electron chi connectivity index (χ0n) is 9.07. The summed E-state index contributed by atoms with van der Waals surface area (Å²) in [6.07, 6.45) is 1.72. The summed E-state index contributed by atoms with van der Waals surface area (Å²) in [7, 11) is 3.65. The van der Waals surface area contributed by atoms with Gasteiger partial charge in [-0.15, -0.1) is 0 Å². The Kier molecular flexibility index (Phi) is 2.51. The molecule has 0 radical (unpaired) electrons. The number of nitrogens with one attached hydrogen (secondary N) is 2. The van der Waals surface area contributed by atoms with E-state index in [9.17, 15) is 0 Å². The molecule has 0 aromatic carbocycles. The normalized spacial score (nSPS) is 15.4. The van der Waals surface area contributed by atoms with E-state index in [0.29, 0.717) is 5.82 Å². The van der Waals surface area contributed by atoms with Crippen LogP contribution in [0.1, 0.15) is 12.6 Å². The van der Waals surface area contributed by atoms with E-state index in [1.807, 2.05) is 19.0 Å². The van der Waals surface area contributed by atoms with E-state index >= 15 is 0 Å². The number of hydrogen-bond donors (Lipinski definition) is 2. The second-order valence-electron chi connectivity index (χ2n) is 3.35. The first-order valence-electron chi connectivity index (χ1n) is 4.74. The van der Waals surface area contributed by atoms with Gasteiger partial charge in [-0.05, 0) is 6.92 Å². The molecule has 0 saturated heterocycles. The summed E-state index contributed by atoms with van der Waals surface area (Å²) in [4.78, 5) is 12.7. The van der Waals surface area contributed by atoms with Gasteiger partial charge in [-0.1, -0.05) is 0 Å². The molecule has 2 heterocycles. The highest BCUT2D eigenvalue weighted by atomic mass is 15.5. The molecule has 0 amide bonds. The number of anilines is 2. The minimum absolute atomic E-state index is 0.715. The molecule has 1 aliphatic rings. The Hall–Kier alpha value is -1.69. The third-order valence-corrected chi connectivity index (χ3v) is 2.27. The van der Waals surface area contributed by atoms with E-state index in [-0.39, 0.29) is 0 Å². The van der Waals surface area contributed by atoms with Gasteiger partial charge in [-0.25, -0.2) is 10.4 Å². The van der Waals surface area contributed by atoms with Gasteiger partial charge in [-0.2, -0.15) is 0 Å². The topological polar surface area (TPSA) is 65.4 Å². The molecule has 6 heteroatoms. The fourth-order valence-corrected chi connectivity index (χ4v) is 1.37. The largest absolute Gasteiger partial charge is 0.328 e. The summed E-state index contributed by atoms with van der Waals surface area (Å²) in [5.41, 5.74) is 4.10. The summed E-state index contributed by atoms with van der Waals surface area (Å²) in [6, 6.07) is 0. The molecule has 0 bridgehead atoms. The van der Waals surface area contributed by atoms with Crippen molar-refractivity contribution in [2.45, 2.75) is 13.5 Å². The van der Waals surface area contributed by atoms with Crippen molar-refractivity contribution in [3.8, 4) is 0 Å². The minimum Gasteiger partial charge on any atom is -0.328 e. The summed E-state index contributed by atoms with van der Waals surface area (Å²) >= 11 is 0. The zero-order valence-corrected chi connectivity index (χ0v) is 9.07. The van der Waals surface area contributed by atoms with E-state index in [1.54, 1.807) is 13.2 Å². The lowest BCUT2D eigenvalue weighted by Crippen LogP contribution is -2.27. The number of aromatic nitrogens is 2. The van der Waals surface area contributed by atoms with Crippen LogP contribution in [-0.4, -0.2) is 29.9 Å². The van der Waals surface area contributed by atoms with Crippen molar-refractivity contribution in [1.82, 2.24) is 15.4 Å². The fraction of sp³-hybridized carbons (Fsp3) is 0.444. The first-order chi connectivity index (χ1) is 7.20. The van der Waals surface area contributed by atoms with Crippen molar-refractivity contribution in [1.29, 1.82) is 0 Å². The van der Waals surface area contributed by atoms with Crippen LogP contribution in [0.15, 0.2) is 11.2 Å². The molecular weight excluding hydrogens is 192 g/mol. The minimum atomic E-state index is 0.715. The van der Waals surface area contributed by atoms with Gasteiger partial charge in [0.05, 0.1) is 24.3 Å². The summed E-state index contributed by atoms with van der Waals surface area (Å²) < 4.78 is 0. The highest BCUT2D eigenvalue weighted by Crippen LogP contribution is 2.20. The summed E-state index contributed by atoms with van der Waals surface area (Å²) in [5.74, 6) is 2.40. The van der Waals surface area contributed by atoms with Crippen LogP contribution in [0.25, 0.3) is 0 Å². The van der Waals surface area contributed by atoms with Gasteiger partial charge < -0.3 is 5.32 Å². The quantitative estimate of drug-likeness (QED) is 0.514. The van der Waals surface area contributed by atoms with Crippen molar-refractivity contribution < 1.29 is 0 Å². The van der Waals surface area contributed by atoms with Crippen LogP contribution in [0.2, 0.25) is 0 Å². The Balaban J connectivity index is 2.25. The first-order valence-corrected chi connectivity index (χ1v) is 4.74. The molecular formula is C9H14N6. The van der Waals surface area contributed by atoms with Crippen LogP contribution in [0.5, 0.6) is 0 Å². The third kappa shape index (κ3) is 1.89. The number of amidine groups is 1. The molecule has 0 fully saturated rings. The maximum Gasteiger partial charge on any atom is 0.168 e. The Morgan fingerprint density at radius 3 is 3.20 bits per heavy atom. The Morgan fingerprint density at radius 1 is 1.67 bits per heavy atom. The van der Waals surface area contributed by atoms with Gasteiger partial charge >= 0.3 is 0 Å². The second kappa shape index (κ2) is 3.82. The molecule has 0 spiro atoms.